The standard InChI is InChI=1S/C5H5.C3H9P.C2H4.Rh/c1-2-4-5-3-1;1-4(2)3;1-2;/h1-5H;1-3H3;1-2H2;. The molecule has 1 saturated carbocycles. The van der Waals surface area contributed by atoms with Gasteiger partial charge < -0.3 is 0 Å². The van der Waals surface area contributed by atoms with Gasteiger partial charge in [0.2, 0.25) is 0 Å². The van der Waals surface area contributed by atoms with Crippen molar-refractivity contribution in [3.63, 3.8) is 0 Å². The fourth-order valence-corrected chi connectivity index (χ4v) is 0.321. The number of hydrogen-bond acceptors (Lipinski definition) is 0. The van der Waals surface area contributed by atoms with Gasteiger partial charge in [0.25, 0.3) is 0 Å². The minimum atomic E-state index is 0. The van der Waals surface area contributed by atoms with E-state index in [1.54, 1.807) is 0 Å². The molecule has 12 heavy (non-hydrogen) atoms. The van der Waals surface area contributed by atoms with E-state index in [0.29, 0.717) is 7.92 Å². The zero-order chi connectivity index (χ0) is 9.11. The van der Waals surface area contributed by atoms with E-state index in [0.717, 1.165) is 0 Å². The van der Waals surface area contributed by atoms with Crippen molar-refractivity contribution >= 4 is 7.92 Å². The average molecular weight is 272 g/mol. The fourth-order valence-electron chi connectivity index (χ4n) is 0.321. The Bertz CT molecular complexity index is 50.5. The molecular formula is C10H18PRh. The molecule has 0 nitrogen and oxygen atoms in total. The van der Waals surface area contributed by atoms with Crippen LogP contribution >= 0.6 is 7.92 Å². The maximum absolute atomic E-state index is 3.00. The molecule has 0 spiro atoms. The molecule has 0 N–H and O–H groups in total. The van der Waals surface area contributed by atoms with E-state index in [1.165, 1.54) is 0 Å². The molecule has 1 rings (SSSR count). The quantitative estimate of drug-likeness (QED) is 0.361. The third kappa shape index (κ3) is 30.8. The molecule has 0 bridgehead atoms. The monoisotopic (exact) mass is 272 g/mol. The van der Waals surface area contributed by atoms with Crippen LogP contribution in [0.4, 0.5) is 0 Å². The second-order valence-electron chi connectivity index (χ2n) is 2.30. The predicted octanol–water partition coefficient (Wildman–Crippen LogP) is 3.18. The topological polar surface area (TPSA) is 0 Å². The Morgan fingerprint density at radius 3 is 0.917 bits per heavy atom. The van der Waals surface area contributed by atoms with Crippen molar-refractivity contribution in [1.29, 1.82) is 0 Å². The molecule has 6 radical (unpaired) electrons. The van der Waals surface area contributed by atoms with E-state index in [9.17, 15) is 0 Å². The summed E-state index contributed by atoms with van der Waals surface area (Å²) in [5.41, 5.74) is 0. The SMILES string of the molecule is C=C.CP(C)C.[CH]1[CH][CH][CH][CH]1.[Rh]. The number of rotatable bonds is 0. The first-order valence-corrected chi connectivity index (χ1v) is 6.19. The van der Waals surface area contributed by atoms with E-state index in [2.05, 4.69) is 33.2 Å². The minimum Gasteiger partial charge on any atom is -0.116 e. The van der Waals surface area contributed by atoms with Crippen molar-refractivity contribution in [1.82, 2.24) is 0 Å². The maximum Gasteiger partial charge on any atom is 0 e. The first kappa shape index (κ1) is 18.6. The van der Waals surface area contributed by atoms with Crippen LogP contribution in [-0.4, -0.2) is 20.0 Å². The maximum atomic E-state index is 3.00. The molecule has 0 heterocycles. The van der Waals surface area contributed by atoms with Crippen molar-refractivity contribution < 1.29 is 19.5 Å². The van der Waals surface area contributed by atoms with Crippen LogP contribution in [0.5, 0.6) is 0 Å². The Labute approximate surface area is 92.7 Å². The van der Waals surface area contributed by atoms with Crippen molar-refractivity contribution in [2.45, 2.75) is 0 Å². The van der Waals surface area contributed by atoms with E-state index >= 15 is 0 Å². The van der Waals surface area contributed by atoms with Gasteiger partial charge >= 0.3 is 0 Å². The van der Waals surface area contributed by atoms with Gasteiger partial charge in [0.05, 0.1) is 0 Å². The Morgan fingerprint density at radius 1 is 0.750 bits per heavy atom. The molecule has 72 valence electrons. The van der Waals surface area contributed by atoms with E-state index in [1.807, 2.05) is 32.1 Å². The third-order valence-corrected chi connectivity index (χ3v) is 0.556. The summed E-state index contributed by atoms with van der Waals surface area (Å²) in [5.74, 6) is 0. The normalized spacial score (nSPS) is 13.3. The van der Waals surface area contributed by atoms with Crippen LogP contribution < -0.4 is 0 Å². The van der Waals surface area contributed by atoms with E-state index in [-0.39, 0.29) is 19.5 Å². The zero-order valence-corrected chi connectivity index (χ0v) is 10.6. The molecule has 0 aliphatic heterocycles. The summed E-state index contributed by atoms with van der Waals surface area (Å²) in [4.78, 5) is 0. The molecule has 0 saturated heterocycles. The Balaban J connectivity index is -0.000000107. The van der Waals surface area contributed by atoms with Gasteiger partial charge in [-0.05, 0) is 52.1 Å². The largest absolute Gasteiger partial charge is 0.116 e. The van der Waals surface area contributed by atoms with Crippen molar-refractivity contribution in [3.05, 3.63) is 45.3 Å². The Hall–Kier alpha value is 0.793. The van der Waals surface area contributed by atoms with Crippen LogP contribution in [0.2, 0.25) is 0 Å². The first-order chi connectivity index (χ1) is 5.23. The second kappa shape index (κ2) is 17.8. The van der Waals surface area contributed by atoms with Gasteiger partial charge in [-0.2, -0.15) is 0 Å². The van der Waals surface area contributed by atoms with Gasteiger partial charge in [-0.15, -0.1) is 21.1 Å². The molecule has 1 aliphatic rings. The molecule has 0 aromatic rings. The molecule has 0 atom stereocenters. The van der Waals surface area contributed by atoms with Crippen molar-refractivity contribution in [2.24, 2.45) is 0 Å². The third-order valence-electron chi connectivity index (χ3n) is 0.556. The molecule has 0 aromatic carbocycles. The molecule has 0 amide bonds. The summed E-state index contributed by atoms with van der Waals surface area (Å²) in [7, 11) is 0.380. The second-order valence-corrected chi connectivity index (χ2v) is 4.99. The van der Waals surface area contributed by atoms with Gasteiger partial charge in [-0.3, -0.25) is 0 Å². The smallest absolute Gasteiger partial charge is 0 e. The average Bonchev–Trinajstić information content (AvgIpc) is 2.44. The van der Waals surface area contributed by atoms with Crippen LogP contribution in [0.3, 0.4) is 0 Å². The predicted molar refractivity (Wildman–Crippen MR) is 57.4 cm³/mol. The summed E-state index contributed by atoms with van der Waals surface area (Å²) in [6.07, 6.45) is 10.0. The van der Waals surface area contributed by atoms with Crippen LogP contribution in [0.25, 0.3) is 0 Å². The summed E-state index contributed by atoms with van der Waals surface area (Å²) in [5, 5.41) is 0. The van der Waals surface area contributed by atoms with Gasteiger partial charge in [-0.25, -0.2) is 0 Å². The van der Waals surface area contributed by atoms with E-state index in [4.69, 9.17) is 0 Å². The summed E-state index contributed by atoms with van der Waals surface area (Å²) >= 11 is 0. The number of hydrogen-bond donors (Lipinski definition) is 0. The summed E-state index contributed by atoms with van der Waals surface area (Å²) < 4.78 is 0. The molecule has 1 aliphatic carbocycles. The summed E-state index contributed by atoms with van der Waals surface area (Å²) in [6, 6.07) is 0. The minimum absolute atomic E-state index is 0. The zero-order valence-electron chi connectivity index (χ0n) is 8.08. The first-order valence-electron chi connectivity index (χ1n) is 3.51. The molecular weight excluding hydrogens is 254 g/mol. The van der Waals surface area contributed by atoms with Gasteiger partial charge in [-0.1, -0.05) is 0 Å². The van der Waals surface area contributed by atoms with Gasteiger partial charge in [0.1, 0.15) is 0 Å². The van der Waals surface area contributed by atoms with Crippen LogP contribution in [0, 0.1) is 32.1 Å². The molecule has 0 unspecified atom stereocenters. The van der Waals surface area contributed by atoms with Crippen molar-refractivity contribution in [3.8, 4) is 0 Å². The Kier molecular flexibility index (Phi) is 27.5. The molecule has 2 heteroatoms. The van der Waals surface area contributed by atoms with Crippen LogP contribution in [0.1, 0.15) is 0 Å². The summed E-state index contributed by atoms with van der Waals surface area (Å²) in [6.45, 7) is 12.7. The van der Waals surface area contributed by atoms with Gasteiger partial charge in [0, 0.05) is 19.5 Å². The van der Waals surface area contributed by atoms with E-state index < -0.39 is 0 Å². The van der Waals surface area contributed by atoms with Crippen molar-refractivity contribution in [2.75, 3.05) is 20.0 Å². The van der Waals surface area contributed by atoms with Crippen LogP contribution in [-0.2, 0) is 19.5 Å². The Morgan fingerprint density at radius 2 is 0.833 bits per heavy atom. The fraction of sp³-hybridized carbons (Fsp3) is 0.300. The molecule has 1 fully saturated rings. The van der Waals surface area contributed by atoms with Gasteiger partial charge in [0.15, 0.2) is 0 Å². The van der Waals surface area contributed by atoms with Crippen LogP contribution in [0.15, 0.2) is 13.2 Å². The molecule has 0 aromatic heterocycles.